The molecule has 0 spiro atoms. The molecule has 2 aliphatic rings. The third kappa shape index (κ3) is 4.25. The molecule has 0 unspecified atom stereocenters. The van der Waals surface area contributed by atoms with E-state index in [1.165, 1.54) is 71.2 Å². The Kier molecular flexibility index (Phi) is 6.06. The molecule has 0 saturated heterocycles. The number of anilines is 3. The molecule has 0 saturated carbocycles. The number of nitrogens with zero attached hydrogens (tertiary/aromatic N) is 1. The summed E-state index contributed by atoms with van der Waals surface area (Å²) in [5, 5.41) is 7.70. The van der Waals surface area contributed by atoms with E-state index in [2.05, 4.69) is 176 Å². The van der Waals surface area contributed by atoms with Crippen molar-refractivity contribution >= 4 is 73.2 Å². The van der Waals surface area contributed by atoms with Gasteiger partial charge in [-0.3, -0.25) is 0 Å². The van der Waals surface area contributed by atoms with Crippen LogP contribution in [-0.2, 0) is 0 Å². The van der Waals surface area contributed by atoms with Gasteiger partial charge in [-0.1, -0.05) is 144 Å². The van der Waals surface area contributed by atoms with Crippen LogP contribution in [0.15, 0.2) is 164 Å². The van der Waals surface area contributed by atoms with E-state index in [0.29, 0.717) is 0 Å². The van der Waals surface area contributed by atoms with E-state index in [9.17, 15) is 0 Å². The van der Waals surface area contributed by atoms with Crippen molar-refractivity contribution in [2.24, 2.45) is 0 Å². The summed E-state index contributed by atoms with van der Waals surface area (Å²) in [4.78, 5) is 2.44. The maximum atomic E-state index is 2.44. The van der Waals surface area contributed by atoms with Crippen LogP contribution in [0.1, 0.15) is 12.0 Å². The Morgan fingerprint density at radius 3 is 1.93 bits per heavy atom. The lowest BCUT2D eigenvalue weighted by Gasteiger charge is -2.28. The van der Waals surface area contributed by atoms with Crippen LogP contribution in [0.3, 0.4) is 0 Å². The SMILES string of the molecule is [B]1c2ccccc2-c2cccc(N(c3ccc(C4=CCC=CC=C4)cc3)c3ccc4c5ccccc5c5ccccc5c4c3)c21. The molecule has 1 aliphatic carbocycles. The molecule has 0 atom stereocenters. The van der Waals surface area contributed by atoms with Gasteiger partial charge in [0.05, 0.1) is 0 Å². The van der Waals surface area contributed by atoms with Crippen LogP contribution < -0.4 is 15.8 Å². The van der Waals surface area contributed by atoms with Gasteiger partial charge in [-0.05, 0) is 91.3 Å². The van der Waals surface area contributed by atoms with E-state index < -0.39 is 0 Å². The average molecular weight is 571 g/mol. The fourth-order valence-corrected chi connectivity index (χ4v) is 7.22. The zero-order valence-electron chi connectivity index (χ0n) is 24.8. The van der Waals surface area contributed by atoms with Gasteiger partial charge in [0.15, 0.2) is 7.28 Å². The first kappa shape index (κ1) is 25.9. The Hall–Kier alpha value is -5.60. The largest absolute Gasteiger partial charge is 0.311 e. The Morgan fingerprint density at radius 2 is 1.16 bits per heavy atom. The van der Waals surface area contributed by atoms with Gasteiger partial charge in [0.25, 0.3) is 0 Å². The molecule has 0 N–H and O–H groups in total. The van der Waals surface area contributed by atoms with Crippen molar-refractivity contribution < 1.29 is 0 Å². The highest BCUT2D eigenvalue weighted by atomic mass is 15.1. The third-order valence-corrected chi connectivity index (χ3v) is 9.32. The third-order valence-electron chi connectivity index (χ3n) is 9.32. The number of hydrogen-bond acceptors (Lipinski definition) is 1. The first-order valence-corrected chi connectivity index (χ1v) is 15.7. The molecule has 7 aromatic carbocycles. The molecule has 2 heteroatoms. The summed E-state index contributed by atoms with van der Waals surface area (Å²) < 4.78 is 0. The predicted octanol–water partition coefficient (Wildman–Crippen LogP) is 10.2. The minimum absolute atomic E-state index is 0.947. The van der Waals surface area contributed by atoms with Crippen LogP contribution in [-0.4, -0.2) is 7.28 Å². The minimum atomic E-state index is 0.947. The number of fused-ring (bicyclic) bond motifs is 9. The van der Waals surface area contributed by atoms with Crippen molar-refractivity contribution in [2.45, 2.75) is 6.42 Å². The first-order valence-electron chi connectivity index (χ1n) is 15.7. The van der Waals surface area contributed by atoms with Gasteiger partial charge in [0.2, 0.25) is 0 Å². The Bertz CT molecular complexity index is 2340. The predicted molar refractivity (Wildman–Crippen MR) is 195 cm³/mol. The van der Waals surface area contributed by atoms with Crippen molar-refractivity contribution in [2.75, 3.05) is 4.90 Å². The normalized spacial score (nSPS) is 13.4. The summed E-state index contributed by atoms with van der Waals surface area (Å²) in [5.74, 6) is 0. The van der Waals surface area contributed by atoms with Crippen LogP contribution in [0, 0.1) is 0 Å². The fraction of sp³-hybridized carbons (Fsp3) is 0.0233. The maximum Gasteiger partial charge on any atom is 0.195 e. The van der Waals surface area contributed by atoms with Gasteiger partial charge in [0.1, 0.15) is 0 Å². The van der Waals surface area contributed by atoms with E-state index in [-0.39, 0.29) is 0 Å². The maximum absolute atomic E-state index is 2.44. The summed E-state index contributed by atoms with van der Waals surface area (Å²) in [5.41, 5.74) is 11.0. The highest BCUT2D eigenvalue weighted by Gasteiger charge is 2.26. The van der Waals surface area contributed by atoms with Gasteiger partial charge < -0.3 is 4.90 Å². The molecule has 1 aliphatic heterocycles. The monoisotopic (exact) mass is 570 g/mol. The Morgan fingerprint density at radius 1 is 0.511 bits per heavy atom. The van der Waals surface area contributed by atoms with Gasteiger partial charge >= 0.3 is 0 Å². The van der Waals surface area contributed by atoms with Crippen LogP contribution >= 0.6 is 0 Å². The van der Waals surface area contributed by atoms with E-state index in [0.717, 1.165) is 17.8 Å². The molecule has 45 heavy (non-hydrogen) atoms. The molecule has 209 valence electrons. The van der Waals surface area contributed by atoms with Crippen molar-refractivity contribution in [1.82, 2.24) is 0 Å². The molecule has 7 aromatic rings. The summed E-state index contributed by atoms with van der Waals surface area (Å²) in [6, 6.07) is 49.1. The summed E-state index contributed by atoms with van der Waals surface area (Å²) >= 11 is 0. The lowest BCUT2D eigenvalue weighted by molar-refractivity contribution is 1.30. The molecule has 0 bridgehead atoms. The summed E-state index contributed by atoms with van der Waals surface area (Å²) in [6.45, 7) is 0. The number of hydrogen-bond donors (Lipinski definition) is 0. The van der Waals surface area contributed by atoms with Crippen molar-refractivity contribution in [3.63, 3.8) is 0 Å². The molecule has 0 fully saturated rings. The van der Waals surface area contributed by atoms with Crippen molar-refractivity contribution in [3.8, 4) is 11.1 Å². The van der Waals surface area contributed by atoms with Crippen molar-refractivity contribution in [1.29, 1.82) is 0 Å². The van der Waals surface area contributed by atoms with Gasteiger partial charge in [0, 0.05) is 17.1 Å². The second-order valence-electron chi connectivity index (χ2n) is 11.9. The van der Waals surface area contributed by atoms with E-state index >= 15 is 0 Å². The Balaban J connectivity index is 1.27. The zero-order valence-corrected chi connectivity index (χ0v) is 24.8. The van der Waals surface area contributed by atoms with Crippen LogP contribution in [0.5, 0.6) is 0 Å². The lowest BCUT2D eigenvalue weighted by Crippen LogP contribution is -2.27. The van der Waals surface area contributed by atoms with E-state index in [4.69, 9.17) is 0 Å². The van der Waals surface area contributed by atoms with Gasteiger partial charge in [-0.15, -0.1) is 0 Å². The smallest absolute Gasteiger partial charge is 0.195 e. The highest BCUT2D eigenvalue weighted by Crippen LogP contribution is 2.41. The number of rotatable bonds is 4. The van der Waals surface area contributed by atoms with Crippen LogP contribution in [0.2, 0.25) is 0 Å². The topological polar surface area (TPSA) is 3.24 Å². The second kappa shape index (κ2) is 10.5. The van der Waals surface area contributed by atoms with Gasteiger partial charge in [-0.25, -0.2) is 0 Å². The summed E-state index contributed by atoms with van der Waals surface area (Å²) in [7, 11) is 2.35. The molecule has 0 amide bonds. The second-order valence-corrected chi connectivity index (χ2v) is 11.9. The minimum Gasteiger partial charge on any atom is -0.311 e. The Labute approximate surface area is 264 Å². The summed E-state index contributed by atoms with van der Waals surface area (Å²) in [6.07, 6.45) is 11.9. The molecular weight excluding hydrogens is 541 g/mol. The molecular formula is C43H29BN. The average Bonchev–Trinajstić information content (AvgIpc) is 3.27. The zero-order chi connectivity index (χ0) is 29.7. The van der Waals surface area contributed by atoms with E-state index in [1.54, 1.807) is 0 Å². The molecule has 9 rings (SSSR count). The van der Waals surface area contributed by atoms with Crippen LogP contribution in [0.25, 0.3) is 49.0 Å². The molecule has 1 nitrogen and oxygen atoms in total. The first-order chi connectivity index (χ1) is 22.3. The highest BCUT2D eigenvalue weighted by molar-refractivity contribution is 6.75. The molecule has 1 heterocycles. The quantitative estimate of drug-likeness (QED) is 0.150. The fourth-order valence-electron chi connectivity index (χ4n) is 7.22. The number of allylic oxidation sites excluding steroid dienone is 6. The lowest BCUT2D eigenvalue weighted by atomic mass is 9.67. The standard InChI is InChI=1S/C43H29BN/c1-2-4-13-29(12-3-1)30-22-24-31(25-23-30)45(42-21-11-19-39-38-18-9-10-20-41(38)44-43(39)42)32-26-27-37-35-16-6-5-14-33(35)34-15-7-8-17-36(34)40(37)28-32/h1-3,5-28H,4H2. The van der Waals surface area contributed by atoms with Crippen LogP contribution in [0.4, 0.5) is 17.1 Å². The molecule has 0 aromatic heterocycles. The number of benzene rings is 7. The molecule has 1 radical (unpaired) electrons. The van der Waals surface area contributed by atoms with E-state index in [1.807, 2.05) is 0 Å². The van der Waals surface area contributed by atoms with Crippen molar-refractivity contribution in [3.05, 3.63) is 169 Å². The van der Waals surface area contributed by atoms with Gasteiger partial charge in [-0.2, -0.15) is 0 Å².